The Morgan fingerprint density at radius 1 is 1.35 bits per heavy atom. The van der Waals surface area contributed by atoms with Crippen molar-refractivity contribution in [1.29, 1.82) is 0 Å². The van der Waals surface area contributed by atoms with E-state index in [0.717, 1.165) is 13.1 Å². The number of nitrogens with one attached hydrogen (secondary N) is 2. The first-order valence-electron chi connectivity index (χ1n) is 7.33. The van der Waals surface area contributed by atoms with Crippen LogP contribution in [0.3, 0.4) is 0 Å². The second-order valence-electron chi connectivity index (χ2n) is 6.48. The molecule has 0 aromatic rings. The maximum Gasteiger partial charge on any atom is 0.407 e. The summed E-state index contributed by atoms with van der Waals surface area (Å²) in [6, 6.07) is 1.23. The molecule has 2 atom stereocenters. The van der Waals surface area contributed by atoms with Crippen LogP contribution < -0.4 is 10.6 Å². The lowest BCUT2D eigenvalue weighted by Crippen LogP contribution is -2.33. The quantitative estimate of drug-likeness (QED) is 0.755. The molecule has 20 heavy (non-hydrogen) atoms. The average molecular weight is 283 g/mol. The van der Waals surface area contributed by atoms with Gasteiger partial charge in [0, 0.05) is 31.7 Å². The van der Waals surface area contributed by atoms with Gasteiger partial charge in [-0.2, -0.15) is 0 Å². The summed E-state index contributed by atoms with van der Waals surface area (Å²) in [6.07, 6.45) is 4.81. The van der Waals surface area contributed by atoms with E-state index in [2.05, 4.69) is 29.5 Å². The first-order valence-corrected chi connectivity index (χ1v) is 7.33. The van der Waals surface area contributed by atoms with E-state index in [1.54, 1.807) is 0 Å². The van der Waals surface area contributed by atoms with Crippen LogP contribution in [-0.2, 0) is 4.74 Å². The Balaban J connectivity index is 2.07. The first kappa shape index (κ1) is 17.0. The first-order chi connectivity index (χ1) is 9.28. The molecular formula is C15H29N3O2. The smallest absolute Gasteiger partial charge is 0.407 e. The van der Waals surface area contributed by atoms with Gasteiger partial charge in [0.2, 0.25) is 0 Å². The lowest BCUT2D eigenvalue weighted by Gasteiger charge is -2.19. The molecule has 0 aromatic heterocycles. The zero-order valence-corrected chi connectivity index (χ0v) is 13.4. The molecule has 116 valence electrons. The van der Waals surface area contributed by atoms with E-state index in [-0.39, 0.29) is 6.09 Å². The third-order valence-electron chi connectivity index (χ3n) is 3.34. The predicted molar refractivity (Wildman–Crippen MR) is 81.9 cm³/mol. The Morgan fingerprint density at radius 2 is 2.00 bits per heavy atom. The highest BCUT2D eigenvalue weighted by Crippen LogP contribution is 2.14. The van der Waals surface area contributed by atoms with Gasteiger partial charge in [-0.05, 0) is 41.2 Å². The summed E-state index contributed by atoms with van der Waals surface area (Å²) >= 11 is 0. The van der Waals surface area contributed by atoms with Crippen LogP contribution in [0.15, 0.2) is 12.2 Å². The van der Waals surface area contributed by atoms with Crippen LogP contribution in [0, 0.1) is 0 Å². The molecule has 0 bridgehead atoms. The van der Waals surface area contributed by atoms with Crippen LogP contribution in [0.5, 0.6) is 0 Å². The highest BCUT2D eigenvalue weighted by molar-refractivity contribution is 5.67. The molecule has 5 nitrogen and oxygen atoms in total. The van der Waals surface area contributed by atoms with E-state index in [4.69, 9.17) is 4.74 Å². The van der Waals surface area contributed by atoms with Crippen LogP contribution in [0.25, 0.3) is 0 Å². The van der Waals surface area contributed by atoms with Crippen molar-refractivity contribution in [2.75, 3.05) is 26.7 Å². The highest BCUT2D eigenvalue weighted by Gasteiger charge is 2.24. The zero-order valence-electron chi connectivity index (χ0n) is 13.4. The molecule has 1 saturated heterocycles. The van der Waals surface area contributed by atoms with E-state index >= 15 is 0 Å². The van der Waals surface area contributed by atoms with Crippen LogP contribution in [0.4, 0.5) is 4.79 Å². The molecule has 0 aromatic carbocycles. The second-order valence-corrected chi connectivity index (χ2v) is 6.48. The predicted octanol–water partition coefficient (Wildman–Crippen LogP) is 1.75. The number of rotatable bonds is 5. The number of carbonyl (C=O) groups is 1. The molecule has 0 saturated carbocycles. The SMILES string of the molecule is CC1CC(NC/C=C/CNC(=O)OC(C)(C)C)CN1C. The number of ether oxygens (including phenoxy) is 1. The van der Waals surface area contributed by atoms with Gasteiger partial charge in [-0.25, -0.2) is 4.79 Å². The maximum absolute atomic E-state index is 11.4. The van der Waals surface area contributed by atoms with Gasteiger partial charge in [0.25, 0.3) is 0 Å². The number of likely N-dealkylation sites (tertiary alicyclic amines) is 1. The average Bonchev–Trinajstić information content (AvgIpc) is 2.61. The summed E-state index contributed by atoms with van der Waals surface area (Å²) in [7, 11) is 2.16. The Labute approximate surface area is 122 Å². The normalized spacial score (nSPS) is 24.2. The topological polar surface area (TPSA) is 53.6 Å². The van der Waals surface area contributed by atoms with E-state index in [1.165, 1.54) is 6.42 Å². The number of likely N-dealkylation sites (N-methyl/N-ethyl adjacent to an activating group) is 1. The minimum atomic E-state index is -0.444. The molecule has 1 heterocycles. The van der Waals surface area contributed by atoms with Gasteiger partial charge in [0.1, 0.15) is 5.60 Å². The highest BCUT2D eigenvalue weighted by atomic mass is 16.6. The molecule has 0 spiro atoms. The second kappa shape index (κ2) is 7.64. The molecule has 1 aliphatic heterocycles. The van der Waals surface area contributed by atoms with Gasteiger partial charge in [0.15, 0.2) is 0 Å². The van der Waals surface area contributed by atoms with Crippen molar-refractivity contribution in [1.82, 2.24) is 15.5 Å². The Morgan fingerprint density at radius 3 is 2.55 bits per heavy atom. The van der Waals surface area contributed by atoms with Crippen LogP contribution >= 0.6 is 0 Å². The van der Waals surface area contributed by atoms with Crippen molar-refractivity contribution >= 4 is 6.09 Å². The fourth-order valence-electron chi connectivity index (χ4n) is 2.20. The number of amides is 1. The Kier molecular flexibility index (Phi) is 6.49. The van der Waals surface area contributed by atoms with E-state index in [1.807, 2.05) is 32.9 Å². The van der Waals surface area contributed by atoms with Gasteiger partial charge < -0.3 is 20.3 Å². The summed E-state index contributed by atoms with van der Waals surface area (Å²) in [5.41, 5.74) is -0.444. The number of nitrogens with zero attached hydrogens (tertiary/aromatic N) is 1. The molecule has 1 fully saturated rings. The fraction of sp³-hybridized carbons (Fsp3) is 0.800. The number of hydrogen-bond acceptors (Lipinski definition) is 4. The molecule has 0 radical (unpaired) electrons. The van der Waals surface area contributed by atoms with Crippen LogP contribution in [-0.4, -0.2) is 55.4 Å². The minimum Gasteiger partial charge on any atom is -0.444 e. The zero-order chi connectivity index (χ0) is 15.2. The van der Waals surface area contributed by atoms with Crippen molar-refractivity contribution in [3.05, 3.63) is 12.2 Å². The monoisotopic (exact) mass is 283 g/mol. The maximum atomic E-state index is 11.4. The molecular weight excluding hydrogens is 254 g/mol. The summed E-state index contributed by atoms with van der Waals surface area (Å²) in [5, 5.41) is 6.19. The number of hydrogen-bond donors (Lipinski definition) is 2. The third-order valence-corrected chi connectivity index (χ3v) is 3.34. The minimum absolute atomic E-state index is 0.374. The van der Waals surface area contributed by atoms with Crippen molar-refractivity contribution in [2.24, 2.45) is 0 Å². The summed E-state index contributed by atoms with van der Waals surface area (Å²) < 4.78 is 5.14. The number of carbonyl (C=O) groups excluding carboxylic acids is 1. The molecule has 0 aliphatic carbocycles. The summed E-state index contributed by atoms with van der Waals surface area (Å²) in [4.78, 5) is 13.8. The van der Waals surface area contributed by atoms with Crippen LogP contribution in [0.2, 0.25) is 0 Å². The van der Waals surface area contributed by atoms with Gasteiger partial charge >= 0.3 is 6.09 Å². The van der Waals surface area contributed by atoms with Gasteiger partial charge in [-0.3, -0.25) is 0 Å². The van der Waals surface area contributed by atoms with E-state index in [0.29, 0.717) is 18.6 Å². The summed E-state index contributed by atoms with van der Waals surface area (Å²) in [6.45, 7) is 10.2. The molecule has 1 aliphatic rings. The van der Waals surface area contributed by atoms with Crippen molar-refractivity contribution < 1.29 is 9.53 Å². The van der Waals surface area contributed by atoms with Crippen molar-refractivity contribution in [3.63, 3.8) is 0 Å². The van der Waals surface area contributed by atoms with E-state index in [9.17, 15) is 4.79 Å². The lowest BCUT2D eigenvalue weighted by molar-refractivity contribution is 0.0534. The standard InChI is InChI=1S/C15H29N3O2/c1-12-10-13(11-18(12)5)16-8-6-7-9-17-14(19)20-15(2,3)4/h6-7,12-13,16H,8-11H2,1-5H3,(H,17,19)/b7-6+. The van der Waals surface area contributed by atoms with Gasteiger partial charge in [-0.1, -0.05) is 12.2 Å². The molecule has 5 heteroatoms. The van der Waals surface area contributed by atoms with Crippen LogP contribution in [0.1, 0.15) is 34.1 Å². The number of alkyl carbamates (subject to hydrolysis) is 1. The van der Waals surface area contributed by atoms with E-state index < -0.39 is 5.60 Å². The van der Waals surface area contributed by atoms with Crippen molar-refractivity contribution in [2.45, 2.75) is 51.8 Å². The summed E-state index contributed by atoms with van der Waals surface area (Å²) in [5.74, 6) is 0. The molecule has 2 N–H and O–H groups in total. The third kappa shape index (κ3) is 6.91. The van der Waals surface area contributed by atoms with Crippen molar-refractivity contribution in [3.8, 4) is 0 Å². The Hall–Kier alpha value is -1.07. The molecule has 1 amide bonds. The Bertz CT molecular complexity index is 327. The molecule has 1 rings (SSSR count). The molecule has 2 unspecified atom stereocenters. The fourth-order valence-corrected chi connectivity index (χ4v) is 2.20. The van der Waals surface area contributed by atoms with Gasteiger partial charge in [0.05, 0.1) is 0 Å². The largest absolute Gasteiger partial charge is 0.444 e. The van der Waals surface area contributed by atoms with Gasteiger partial charge in [-0.15, -0.1) is 0 Å². The lowest BCUT2D eigenvalue weighted by atomic mass is 10.2.